The van der Waals surface area contributed by atoms with Crippen molar-refractivity contribution in [2.75, 3.05) is 17.9 Å². The van der Waals surface area contributed by atoms with Crippen molar-refractivity contribution in [3.63, 3.8) is 0 Å². The van der Waals surface area contributed by atoms with Crippen molar-refractivity contribution >= 4 is 31.6 Å². The Hall–Kier alpha value is -1.94. The zero-order chi connectivity index (χ0) is 18.9. The van der Waals surface area contributed by atoms with E-state index in [0.717, 1.165) is 12.1 Å². The van der Waals surface area contributed by atoms with Crippen LogP contribution < -0.4 is 14.2 Å². The van der Waals surface area contributed by atoms with Crippen molar-refractivity contribution in [2.45, 2.75) is 17.5 Å². The zero-order valence-corrected chi connectivity index (χ0v) is 15.5. The average Bonchev–Trinajstić information content (AvgIpc) is 2.80. The van der Waals surface area contributed by atoms with Gasteiger partial charge in [-0.1, -0.05) is 15.9 Å². The number of alkyl halides is 3. The van der Waals surface area contributed by atoms with Crippen molar-refractivity contribution in [2.24, 2.45) is 0 Å². The molecule has 0 spiro atoms. The average molecular weight is 452 g/mol. The molecular weight excluding hydrogens is 439 g/mol. The first-order valence-corrected chi connectivity index (χ1v) is 9.74. The van der Waals surface area contributed by atoms with Crippen molar-refractivity contribution in [3.05, 3.63) is 46.4 Å². The molecule has 5 nitrogen and oxygen atoms in total. The predicted octanol–water partition coefficient (Wildman–Crippen LogP) is 4.43. The third kappa shape index (κ3) is 4.07. The van der Waals surface area contributed by atoms with Crippen LogP contribution in [0.5, 0.6) is 11.5 Å². The van der Waals surface area contributed by atoms with Gasteiger partial charge in [0.25, 0.3) is 10.0 Å². The van der Waals surface area contributed by atoms with Crippen LogP contribution in [0.4, 0.5) is 18.9 Å². The minimum absolute atomic E-state index is 0.141. The molecule has 0 bridgehead atoms. The number of halogens is 4. The summed E-state index contributed by atoms with van der Waals surface area (Å²) in [5, 5.41) is 0. The number of anilines is 1. The molecule has 0 aromatic heterocycles. The summed E-state index contributed by atoms with van der Waals surface area (Å²) in [4.78, 5) is -0.141. The summed E-state index contributed by atoms with van der Waals surface area (Å²) < 4.78 is 76.8. The summed E-state index contributed by atoms with van der Waals surface area (Å²) in [5.74, 6) is 0.696. The van der Waals surface area contributed by atoms with Gasteiger partial charge < -0.3 is 9.47 Å². The smallest absolute Gasteiger partial charge is 0.417 e. The third-order valence-corrected chi connectivity index (χ3v) is 5.62. The van der Waals surface area contributed by atoms with E-state index < -0.39 is 21.8 Å². The molecule has 26 heavy (non-hydrogen) atoms. The van der Waals surface area contributed by atoms with Crippen LogP contribution in [0.15, 0.2) is 45.8 Å². The highest BCUT2D eigenvalue weighted by Gasteiger charge is 2.33. The molecule has 1 N–H and O–H groups in total. The summed E-state index contributed by atoms with van der Waals surface area (Å²) in [6, 6.07) is 7.14. The quantitative estimate of drug-likeness (QED) is 0.749. The van der Waals surface area contributed by atoms with Crippen LogP contribution in [-0.4, -0.2) is 21.6 Å². The molecule has 0 saturated heterocycles. The van der Waals surface area contributed by atoms with E-state index in [4.69, 9.17) is 9.47 Å². The molecule has 0 radical (unpaired) electrons. The molecule has 0 saturated carbocycles. The molecule has 0 aliphatic carbocycles. The summed E-state index contributed by atoms with van der Waals surface area (Å²) in [5.41, 5.74) is -1.18. The molecule has 0 amide bonds. The monoisotopic (exact) mass is 451 g/mol. The molecule has 1 heterocycles. The molecule has 0 fully saturated rings. The second-order valence-electron chi connectivity index (χ2n) is 5.46. The Morgan fingerprint density at radius 1 is 1.00 bits per heavy atom. The van der Waals surface area contributed by atoms with Crippen LogP contribution in [0.2, 0.25) is 0 Å². The fraction of sp³-hybridized carbons (Fsp3) is 0.250. The van der Waals surface area contributed by atoms with E-state index in [0.29, 0.717) is 25.4 Å². The van der Waals surface area contributed by atoms with Gasteiger partial charge in [-0.2, -0.15) is 13.2 Å². The van der Waals surface area contributed by atoms with Gasteiger partial charge in [0.05, 0.1) is 23.7 Å². The molecule has 0 atom stereocenters. The van der Waals surface area contributed by atoms with E-state index in [1.807, 2.05) is 0 Å². The van der Waals surface area contributed by atoms with Crippen molar-refractivity contribution < 1.29 is 31.1 Å². The van der Waals surface area contributed by atoms with Crippen LogP contribution in [0.3, 0.4) is 0 Å². The second-order valence-corrected chi connectivity index (χ2v) is 7.99. The Balaban J connectivity index is 1.91. The minimum atomic E-state index is -4.62. The van der Waals surface area contributed by atoms with Crippen LogP contribution >= 0.6 is 15.9 Å². The van der Waals surface area contributed by atoms with Crippen molar-refractivity contribution in [3.8, 4) is 11.5 Å². The van der Waals surface area contributed by atoms with Gasteiger partial charge in [0.15, 0.2) is 11.5 Å². The number of ether oxygens (including phenoxy) is 2. The second kappa shape index (κ2) is 6.99. The van der Waals surface area contributed by atoms with Crippen molar-refractivity contribution in [1.82, 2.24) is 0 Å². The lowest BCUT2D eigenvalue weighted by Crippen LogP contribution is -2.14. The number of hydrogen-bond donors (Lipinski definition) is 1. The lowest BCUT2D eigenvalue weighted by atomic mass is 10.2. The van der Waals surface area contributed by atoms with Gasteiger partial charge >= 0.3 is 6.18 Å². The summed E-state index contributed by atoms with van der Waals surface area (Å²) in [7, 11) is -4.10. The normalized spacial score (nSPS) is 14.6. The van der Waals surface area contributed by atoms with Gasteiger partial charge in [-0.25, -0.2) is 8.42 Å². The Morgan fingerprint density at radius 3 is 2.38 bits per heavy atom. The van der Waals surface area contributed by atoms with E-state index >= 15 is 0 Å². The molecule has 2 aromatic carbocycles. The van der Waals surface area contributed by atoms with Gasteiger partial charge in [-0.3, -0.25) is 4.72 Å². The number of fused-ring (bicyclic) bond motifs is 1. The number of sulfonamides is 1. The van der Waals surface area contributed by atoms with Crippen molar-refractivity contribution in [1.29, 1.82) is 0 Å². The van der Waals surface area contributed by atoms with Crippen LogP contribution in [0.25, 0.3) is 0 Å². The molecule has 1 aliphatic rings. The maximum absolute atomic E-state index is 13.0. The molecule has 3 rings (SSSR count). The van der Waals surface area contributed by atoms with Crippen LogP contribution in [0, 0.1) is 0 Å². The van der Waals surface area contributed by atoms with Crippen LogP contribution in [-0.2, 0) is 16.2 Å². The highest BCUT2D eigenvalue weighted by Crippen LogP contribution is 2.37. The molecule has 10 heteroatoms. The molecule has 2 aromatic rings. The fourth-order valence-electron chi connectivity index (χ4n) is 2.33. The SMILES string of the molecule is O=S(=O)(Nc1ccc(Br)c(C(F)(F)F)c1)c1ccc2c(c1)OCCCO2. The van der Waals surface area contributed by atoms with E-state index in [1.165, 1.54) is 24.3 Å². The van der Waals surface area contributed by atoms with E-state index in [2.05, 4.69) is 20.7 Å². The Labute approximate surface area is 156 Å². The fourth-order valence-corrected chi connectivity index (χ4v) is 3.87. The van der Waals surface area contributed by atoms with E-state index in [-0.39, 0.29) is 20.8 Å². The van der Waals surface area contributed by atoms with Gasteiger partial charge in [-0.05, 0) is 30.3 Å². The number of benzene rings is 2. The van der Waals surface area contributed by atoms with Gasteiger partial charge in [0.2, 0.25) is 0 Å². The topological polar surface area (TPSA) is 64.6 Å². The highest BCUT2D eigenvalue weighted by molar-refractivity contribution is 9.10. The first-order chi connectivity index (χ1) is 12.2. The Kier molecular flexibility index (Phi) is 5.07. The molecule has 140 valence electrons. The molecular formula is C16H13BrF3NO4S. The standard InChI is InChI=1S/C16H13BrF3NO4S/c17-13-4-2-10(8-12(13)16(18,19)20)21-26(22,23)11-3-5-14-15(9-11)25-7-1-6-24-14/h2-5,8-9,21H,1,6-7H2. The lowest BCUT2D eigenvalue weighted by molar-refractivity contribution is -0.138. The van der Waals surface area contributed by atoms with Crippen LogP contribution in [0.1, 0.15) is 12.0 Å². The predicted molar refractivity (Wildman–Crippen MR) is 92.0 cm³/mol. The maximum atomic E-state index is 13.0. The highest BCUT2D eigenvalue weighted by atomic mass is 79.9. The van der Waals surface area contributed by atoms with E-state index in [1.54, 1.807) is 0 Å². The maximum Gasteiger partial charge on any atom is 0.417 e. The molecule has 0 unspecified atom stereocenters. The van der Waals surface area contributed by atoms with E-state index in [9.17, 15) is 21.6 Å². The molecule has 1 aliphatic heterocycles. The zero-order valence-electron chi connectivity index (χ0n) is 13.1. The first kappa shape index (κ1) is 18.8. The summed E-state index contributed by atoms with van der Waals surface area (Å²) in [6.07, 6.45) is -3.95. The number of hydrogen-bond acceptors (Lipinski definition) is 4. The Bertz CT molecular complexity index is 932. The van der Waals surface area contributed by atoms with Gasteiger partial charge in [0, 0.05) is 22.6 Å². The number of nitrogens with one attached hydrogen (secondary N) is 1. The largest absolute Gasteiger partial charge is 0.490 e. The third-order valence-electron chi connectivity index (χ3n) is 3.55. The summed E-state index contributed by atoms with van der Waals surface area (Å²) >= 11 is 2.81. The Morgan fingerprint density at radius 2 is 1.69 bits per heavy atom. The van der Waals surface area contributed by atoms with Gasteiger partial charge in [-0.15, -0.1) is 0 Å². The minimum Gasteiger partial charge on any atom is -0.490 e. The lowest BCUT2D eigenvalue weighted by Gasteiger charge is -2.14. The summed E-state index contributed by atoms with van der Waals surface area (Å²) in [6.45, 7) is 0.835. The first-order valence-electron chi connectivity index (χ1n) is 7.46. The number of rotatable bonds is 3. The van der Waals surface area contributed by atoms with Gasteiger partial charge in [0.1, 0.15) is 0 Å².